The Hall–Kier alpha value is 1.12. The summed E-state index contributed by atoms with van der Waals surface area (Å²) >= 11 is 0. The SMILES string of the molecule is [CH2-]CC1=NC(C)=[C-]C1.[CH2-]CC1=NCCCC1.[CH2-]Cc1cccc[n+]1C.[CH2-]c1ccc2c(n1)NCCC2.[CH2-]c1cccc(N(C)C)[n+]1C.[CH3-].[CH3-].[CH3-].[CH3-].[CH3-].[Rb+].[W+2].[W+2].[W+2].[W+2].[W+2]. The zero-order valence-corrected chi connectivity index (χ0v) is 57.3. The maximum absolute atomic E-state index is 4.30. The molecule has 13 heteroatoms. The van der Waals surface area contributed by atoms with Gasteiger partial charge >= 0.3 is 164 Å². The Balaban J connectivity index is -0.0000000596. The number of pyridine rings is 3. The molecule has 0 bridgehead atoms. The maximum atomic E-state index is 4.30. The molecule has 0 aromatic carbocycles. The van der Waals surface area contributed by atoms with Crippen LogP contribution < -0.4 is 77.5 Å². The Bertz CT molecular complexity index is 1480. The van der Waals surface area contributed by atoms with Gasteiger partial charge in [-0.05, 0) is 54.8 Å². The fraction of sp³-hybridized carbons (Fsp3) is 0.356. The standard InChI is InChI=1S/C9H11N2.C9H14N2.C8H11N.C7H9N.C7H12N.5CH3.Rb.5W/c1-7-4-5-8-3-2-6-10-9(8)11-7;1-8-6-5-7-9(10(2)3)11(8)4;1-3-8-6-4-5-7-9(8)2;1-3-7-5-4-6(2)8-7;1-2-7-5-3-4-6-8-7;;;;;;;;;;;/h4-5H,1-3,6H2,(H,10,11);5-7H,1H2,2-4H3;4-7H,1,3H2,2H3;1,3,5H2,2H3;1-6H2;5*1H3;;;;;;/q-1;;;-2;6*-1;+1;5*+2. The van der Waals surface area contributed by atoms with E-state index in [9.17, 15) is 0 Å². The van der Waals surface area contributed by atoms with Gasteiger partial charge in [-0.1, -0.05) is 19.4 Å². The third-order valence-electron chi connectivity index (χ3n) is 7.80. The van der Waals surface area contributed by atoms with Gasteiger partial charge in [-0.25, -0.2) is 11.5 Å². The van der Waals surface area contributed by atoms with E-state index in [1.165, 1.54) is 42.7 Å². The van der Waals surface area contributed by atoms with Gasteiger partial charge in [0.05, 0.1) is 21.1 Å². The molecule has 0 spiro atoms. The number of hydrogen-bond donors (Lipinski definition) is 1. The van der Waals surface area contributed by atoms with Gasteiger partial charge in [0, 0.05) is 31.3 Å². The number of aromatic nitrogens is 3. The first-order valence-electron chi connectivity index (χ1n) is 16.6. The average molecular weight is 1720 g/mol. The number of nitrogens with zero attached hydrogens (tertiary/aromatic N) is 6. The average Bonchev–Trinajstić information content (AvgIpc) is 3.53. The molecule has 3 aliphatic rings. The van der Waals surface area contributed by atoms with Crippen molar-refractivity contribution in [3.8, 4) is 0 Å². The molecule has 0 aliphatic carbocycles. The Kier molecular flexibility index (Phi) is 70.1. The van der Waals surface area contributed by atoms with E-state index in [0.29, 0.717) is 0 Å². The fourth-order valence-corrected chi connectivity index (χ4v) is 4.90. The smallest absolute Gasteiger partial charge is 0.468 e. The molecule has 3 aromatic rings. The topological polar surface area (TPSA) is 60.6 Å². The molecule has 0 atom stereocenters. The van der Waals surface area contributed by atoms with E-state index >= 15 is 0 Å². The summed E-state index contributed by atoms with van der Waals surface area (Å²) in [6, 6.07) is 16.3. The summed E-state index contributed by atoms with van der Waals surface area (Å²) in [5.41, 5.74) is 7.94. The Labute approximate surface area is 480 Å². The van der Waals surface area contributed by atoms with E-state index in [0.717, 1.165) is 79.6 Å². The van der Waals surface area contributed by atoms with Crippen molar-refractivity contribution in [3.05, 3.63) is 161 Å². The van der Waals surface area contributed by atoms with Gasteiger partial charge in [0.15, 0.2) is 11.9 Å². The second-order valence-corrected chi connectivity index (χ2v) is 11.7. The van der Waals surface area contributed by atoms with Crippen LogP contribution in [-0.2, 0) is 132 Å². The zero-order valence-electron chi connectivity index (χ0n) is 37.7. The van der Waals surface area contributed by atoms with Crippen LogP contribution in [0.2, 0.25) is 0 Å². The molecule has 0 saturated heterocycles. The van der Waals surface area contributed by atoms with Crippen molar-refractivity contribution in [1.82, 2.24) is 4.98 Å². The van der Waals surface area contributed by atoms with Crippen LogP contribution in [0.15, 0.2) is 70.4 Å². The van der Waals surface area contributed by atoms with Crippen LogP contribution in [0.5, 0.6) is 0 Å². The predicted octanol–water partition coefficient (Wildman–Crippen LogP) is 6.11. The molecule has 6 heterocycles. The molecule has 58 heavy (non-hydrogen) atoms. The van der Waals surface area contributed by atoms with Crippen molar-refractivity contribution >= 4 is 23.1 Å². The summed E-state index contributed by atoms with van der Waals surface area (Å²) in [6.45, 7) is 23.0. The number of rotatable bonds is 4. The van der Waals surface area contributed by atoms with Crippen molar-refractivity contribution in [2.45, 2.75) is 64.7 Å². The number of fused-ring (bicyclic) bond motifs is 1. The number of aryl methyl sites for hydroxylation is 2. The molecule has 1 N–H and O–H groups in total. The van der Waals surface area contributed by atoms with E-state index in [4.69, 9.17) is 0 Å². The summed E-state index contributed by atoms with van der Waals surface area (Å²) < 4.78 is 4.13. The minimum Gasteiger partial charge on any atom is -0.468 e. The molecule has 0 fully saturated rings. The zero-order chi connectivity index (χ0) is 34.6. The van der Waals surface area contributed by atoms with Gasteiger partial charge in [0.2, 0.25) is 0 Å². The first-order chi connectivity index (χ1) is 22.6. The van der Waals surface area contributed by atoms with Crippen LogP contribution >= 0.6 is 0 Å². The van der Waals surface area contributed by atoms with Crippen LogP contribution in [0.3, 0.4) is 0 Å². The van der Waals surface area contributed by atoms with E-state index in [1.807, 2.05) is 71.6 Å². The van der Waals surface area contributed by atoms with Crippen molar-refractivity contribution in [2.75, 3.05) is 37.4 Å². The molecule has 3 aliphatic heterocycles. The predicted molar refractivity (Wildman–Crippen MR) is 231 cm³/mol. The largest absolute Gasteiger partial charge is 2.00 e. The molecule has 316 valence electrons. The number of allylic oxidation sites excluding steroid dienone is 2. The molecular formula is C45H72N7RbW5+2. The van der Waals surface area contributed by atoms with Crippen molar-refractivity contribution in [2.24, 2.45) is 24.1 Å². The number of nitrogens with one attached hydrogen (secondary N) is 1. The summed E-state index contributed by atoms with van der Waals surface area (Å²) in [5.74, 6) is 2.20. The van der Waals surface area contributed by atoms with Gasteiger partial charge in [0.25, 0.3) is 5.82 Å². The van der Waals surface area contributed by atoms with Crippen LogP contribution in [0.1, 0.15) is 74.5 Å². The molecule has 3 aromatic heterocycles. The van der Waals surface area contributed by atoms with E-state index in [2.05, 4.69) is 93.2 Å². The van der Waals surface area contributed by atoms with Gasteiger partial charge in [-0.2, -0.15) is 19.1 Å². The quantitative estimate of drug-likeness (QED) is 0.254. The van der Waals surface area contributed by atoms with E-state index in [1.54, 1.807) is 0 Å². The van der Waals surface area contributed by atoms with E-state index < -0.39 is 0 Å². The first kappa shape index (κ1) is 82.8. The van der Waals surface area contributed by atoms with Crippen molar-refractivity contribution in [3.63, 3.8) is 0 Å². The molecule has 0 saturated carbocycles. The van der Waals surface area contributed by atoms with Crippen LogP contribution in [0.4, 0.5) is 11.6 Å². The Morgan fingerprint density at radius 2 is 1.38 bits per heavy atom. The molecule has 7 nitrogen and oxygen atoms in total. The fourth-order valence-electron chi connectivity index (χ4n) is 4.90. The Morgan fingerprint density at radius 3 is 1.79 bits per heavy atom. The maximum Gasteiger partial charge on any atom is 2.00 e. The molecular weight excluding hydrogens is 1640 g/mol. The molecule has 0 radical (unpaired) electrons. The van der Waals surface area contributed by atoms with E-state index in [-0.39, 0.29) is 201 Å². The van der Waals surface area contributed by atoms with Crippen molar-refractivity contribution in [1.29, 1.82) is 0 Å². The van der Waals surface area contributed by atoms with Gasteiger partial charge in [-0.3, -0.25) is 19.4 Å². The summed E-state index contributed by atoms with van der Waals surface area (Å²) in [6.07, 6.45) is 14.8. The molecule has 0 amide bonds. The van der Waals surface area contributed by atoms with Crippen LogP contribution in [0, 0.1) is 77.8 Å². The number of aliphatic imine (C=N–C) groups is 2. The Morgan fingerprint density at radius 1 is 0.759 bits per heavy atom. The van der Waals surface area contributed by atoms with Gasteiger partial charge in [-0.15, -0.1) is 42.8 Å². The summed E-state index contributed by atoms with van der Waals surface area (Å²) in [4.78, 5) is 14.8. The van der Waals surface area contributed by atoms with Crippen LogP contribution in [0.25, 0.3) is 0 Å². The second kappa shape index (κ2) is 49.1. The number of anilines is 2. The monoisotopic (exact) mass is 1720 g/mol. The second-order valence-electron chi connectivity index (χ2n) is 11.7. The third kappa shape index (κ3) is 33.6. The van der Waals surface area contributed by atoms with Gasteiger partial charge in [0.1, 0.15) is 12.9 Å². The normalized spacial score (nSPS) is 11.6. The summed E-state index contributed by atoms with van der Waals surface area (Å²) in [5, 5.41) is 3.25. The minimum absolute atomic E-state index is 0. The third-order valence-corrected chi connectivity index (χ3v) is 7.80. The van der Waals surface area contributed by atoms with Crippen molar-refractivity contribution < 1.29 is 173 Å². The minimum atomic E-state index is 0. The summed E-state index contributed by atoms with van der Waals surface area (Å²) in [7, 11) is 8.09. The molecule has 6 rings (SSSR count). The van der Waals surface area contributed by atoms with Crippen LogP contribution in [-0.4, -0.2) is 43.6 Å². The first-order valence-corrected chi connectivity index (χ1v) is 16.6. The van der Waals surface area contributed by atoms with Gasteiger partial charge < -0.3 is 74.3 Å². The number of hydrogen-bond acceptors (Lipinski definition) is 5. The molecule has 0 unspecified atom stereocenters.